The van der Waals surface area contributed by atoms with Crippen LogP contribution < -0.4 is 5.32 Å². The molecule has 1 unspecified atom stereocenters. The second kappa shape index (κ2) is 5.60. The highest BCUT2D eigenvalue weighted by atomic mass is 32.2. The van der Waals surface area contributed by atoms with E-state index in [9.17, 15) is 13.2 Å². The predicted octanol–water partition coefficient (Wildman–Crippen LogP) is 2.32. The normalized spacial score (nSPS) is 22.6. The van der Waals surface area contributed by atoms with Crippen LogP contribution in [0.1, 0.15) is 37.0 Å². The summed E-state index contributed by atoms with van der Waals surface area (Å²) < 4.78 is 23.3. The van der Waals surface area contributed by atoms with Crippen LogP contribution >= 0.6 is 0 Å². The summed E-state index contributed by atoms with van der Waals surface area (Å²) in [6.45, 7) is 3.44. The number of hydrogen-bond acceptors (Lipinski definition) is 4. The van der Waals surface area contributed by atoms with Crippen LogP contribution in [-0.4, -0.2) is 35.9 Å². The van der Waals surface area contributed by atoms with E-state index in [1.807, 2.05) is 24.3 Å². The minimum Gasteiger partial charge on any atom is -0.349 e. The van der Waals surface area contributed by atoms with Crippen molar-refractivity contribution in [2.24, 2.45) is 0 Å². The van der Waals surface area contributed by atoms with Gasteiger partial charge in [-0.3, -0.25) is 9.78 Å². The minimum atomic E-state index is -3.09. The summed E-state index contributed by atoms with van der Waals surface area (Å²) in [5, 5.41) is 4.74. The Morgan fingerprint density at radius 3 is 2.74 bits per heavy atom. The number of pyridine rings is 1. The van der Waals surface area contributed by atoms with Crippen molar-refractivity contribution in [2.75, 3.05) is 5.75 Å². The number of amides is 1. The maximum absolute atomic E-state index is 12.6. The van der Waals surface area contributed by atoms with E-state index in [0.717, 1.165) is 10.8 Å². The van der Waals surface area contributed by atoms with E-state index in [-0.39, 0.29) is 17.7 Å². The fourth-order valence-electron chi connectivity index (χ4n) is 3.08. The Labute approximate surface area is 136 Å². The van der Waals surface area contributed by atoms with Crippen LogP contribution in [0.4, 0.5) is 0 Å². The summed E-state index contributed by atoms with van der Waals surface area (Å²) in [6, 6.07) is 7.45. The molecule has 2 aromatic rings. The van der Waals surface area contributed by atoms with Crippen molar-refractivity contribution >= 4 is 26.5 Å². The molecule has 0 aliphatic carbocycles. The molecule has 1 atom stereocenters. The van der Waals surface area contributed by atoms with Crippen molar-refractivity contribution in [1.29, 1.82) is 0 Å². The molecule has 0 saturated carbocycles. The summed E-state index contributed by atoms with van der Waals surface area (Å²) in [7, 11) is -3.09. The SMILES string of the molecule is CC1(C)CC(NC(=O)c2cncc3ccccc23)CCS1(=O)=O. The molecule has 1 aliphatic heterocycles. The first kappa shape index (κ1) is 15.9. The third kappa shape index (κ3) is 2.95. The fraction of sp³-hybridized carbons (Fsp3) is 0.412. The molecule has 3 rings (SSSR count). The van der Waals surface area contributed by atoms with Crippen LogP contribution in [0.25, 0.3) is 10.8 Å². The van der Waals surface area contributed by atoms with Crippen molar-refractivity contribution in [3.63, 3.8) is 0 Å². The predicted molar refractivity (Wildman–Crippen MR) is 90.1 cm³/mol. The molecule has 6 heteroatoms. The Bertz CT molecular complexity index is 854. The van der Waals surface area contributed by atoms with Crippen LogP contribution in [0.2, 0.25) is 0 Å². The molecule has 0 spiro atoms. The summed E-state index contributed by atoms with van der Waals surface area (Å²) in [5.74, 6) is -0.0898. The third-order valence-corrected chi connectivity index (χ3v) is 7.19. The van der Waals surface area contributed by atoms with Gasteiger partial charge in [0.15, 0.2) is 9.84 Å². The Balaban J connectivity index is 1.82. The lowest BCUT2D eigenvalue weighted by Gasteiger charge is -2.35. The molecule has 1 saturated heterocycles. The number of fused-ring (bicyclic) bond motifs is 1. The topological polar surface area (TPSA) is 76.1 Å². The first-order valence-corrected chi connectivity index (χ1v) is 9.31. The zero-order valence-electron chi connectivity index (χ0n) is 13.2. The zero-order chi connectivity index (χ0) is 16.7. The smallest absolute Gasteiger partial charge is 0.253 e. The molecule has 2 heterocycles. The van der Waals surface area contributed by atoms with Crippen molar-refractivity contribution in [1.82, 2.24) is 10.3 Å². The fourth-order valence-corrected chi connectivity index (χ4v) is 4.68. The summed E-state index contributed by atoms with van der Waals surface area (Å²) >= 11 is 0. The highest BCUT2D eigenvalue weighted by Crippen LogP contribution is 2.30. The van der Waals surface area contributed by atoms with Gasteiger partial charge in [-0.1, -0.05) is 24.3 Å². The lowest BCUT2D eigenvalue weighted by molar-refractivity contribution is 0.0932. The van der Waals surface area contributed by atoms with E-state index in [1.54, 1.807) is 26.2 Å². The molecule has 5 nitrogen and oxygen atoms in total. The van der Waals surface area contributed by atoms with E-state index in [2.05, 4.69) is 10.3 Å². The van der Waals surface area contributed by atoms with Crippen molar-refractivity contribution in [2.45, 2.75) is 37.5 Å². The molecule has 0 bridgehead atoms. The zero-order valence-corrected chi connectivity index (χ0v) is 14.1. The first-order valence-electron chi connectivity index (χ1n) is 7.66. The highest BCUT2D eigenvalue weighted by Gasteiger charge is 2.41. The van der Waals surface area contributed by atoms with Crippen molar-refractivity contribution in [3.05, 3.63) is 42.2 Å². The molecule has 1 amide bonds. The standard InChI is InChI=1S/C17H20N2O3S/c1-17(2)9-13(7-8-23(17,21)22)19-16(20)15-11-18-10-12-5-3-4-6-14(12)15/h3-6,10-11,13H,7-9H2,1-2H3,(H,19,20). The van der Waals surface area contributed by atoms with Gasteiger partial charge in [0.05, 0.1) is 16.1 Å². The Kier molecular flexibility index (Phi) is 3.88. The average Bonchev–Trinajstić information content (AvgIpc) is 2.50. The molecule has 122 valence electrons. The van der Waals surface area contributed by atoms with Gasteiger partial charge in [-0.15, -0.1) is 0 Å². The number of hydrogen-bond donors (Lipinski definition) is 1. The molecular formula is C17H20N2O3S. The molecule has 0 radical (unpaired) electrons. The maximum atomic E-state index is 12.6. The van der Waals surface area contributed by atoms with E-state index < -0.39 is 14.6 Å². The van der Waals surface area contributed by atoms with Crippen LogP contribution in [0, 0.1) is 0 Å². The highest BCUT2D eigenvalue weighted by molar-refractivity contribution is 7.92. The summed E-state index contributed by atoms with van der Waals surface area (Å²) in [6.07, 6.45) is 4.17. The molecule has 1 aliphatic rings. The largest absolute Gasteiger partial charge is 0.349 e. The summed E-state index contributed by atoms with van der Waals surface area (Å²) in [5.41, 5.74) is 0.523. The average molecular weight is 332 g/mol. The van der Waals surface area contributed by atoms with Gasteiger partial charge in [-0.2, -0.15) is 0 Å². The Morgan fingerprint density at radius 2 is 2.00 bits per heavy atom. The minimum absolute atomic E-state index is 0.110. The molecule has 1 aromatic heterocycles. The Morgan fingerprint density at radius 1 is 1.26 bits per heavy atom. The van der Waals surface area contributed by atoms with Gasteiger partial charge in [0.25, 0.3) is 5.91 Å². The van der Waals surface area contributed by atoms with Crippen molar-refractivity contribution in [3.8, 4) is 0 Å². The van der Waals surface area contributed by atoms with Gasteiger partial charge in [0, 0.05) is 23.8 Å². The monoisotopic (exact) mass is 332 g/mol. The lowest BCUT2D eigenvalue weighted by atomic mass is 9.99. The number of nitrogens with zero attached hydrogens (tertiary/aromatic N) is 1. The van der Waals surface area contributed by atoms with Gasteiger partial charge < -0.3 is 5.32 Å². The van der Waals surface area contributed by atoms with Gasteiger partial charge in [0.2, 0.25) is 0 Å². The van der Waals surface area contributed by atoms with Crippen molar-refractivity contribution < 1.29 is 13.2 Å². The number of sulfone groups is 1. The number of aromatic nitrogens is 1. The van der Waals surface area contributed by atoms with E-state index in [1.165, 1.54) is 0 Å². The second-order valence-electron chi connectivity index (χ2n) is 6.65. The quantitative estimate of drug-likeness (QED) is 0.916. The van der Waals surface area contributed by atoms with Crippen LogP contribution in [-0.2, 0) is 9.84 Å². The van der Waals surface area contributed by atoms with E-state index in [4.69, 9.17) is 0 Å². The van der Waals surface area contributed by atoms with Crippen LogP contribution in [0.5, 0.6) is 0 Å². The Hall–Kier alpha value is -1.95. The first-order chi connectivity index (χ1) is 10.8. The number of rotatable bonds is 2. The van der Waals surface area contributed by atoms with Crippen LogP contribution in [0.3, 0.4) is 0 Å². The molecule has 1 N–H and O–H groups in total. The number of carbonyl (C=O) groups excluding carboxylic acids is 1. The van der Waals surface area contributed by atoms with Gasteiger partial charge in [-0.25, -0.2) is 8.42 Å². The van der Waals surface area contributed by atoms with Gasteiger partial charge in [-0.05, 0) is 32.1 Å². The number of benzene rings is 1. The lowest BCUT2D eigenvalue weighted by Crippen LogP contribution is -2.49. The van der Waals surface area contributed by atoms with Crippen LogP contribution in [0.15, 0.2) is 36.7 Å². The van der Waals surface area contributed by atoms with E-state index >= 15 is 0 Å². The summed E-state index contributed by atoms with van der Waals surface area (Å²) in [4.78, 5) is 16.7. The maximum Gasteiger partial charge on any atom is 0.253 e. The second-order valence-corrected chi connectivity index (χ2v) is 9.39. The van der Waals surface area contributed by atoms with Gasteiger partial charge >= 0.3 is 0 Å². The molecule has 1 fully saturated rings. The number of nitrogens with one attached hydrogen (secondary N) is 1. The van der Waals surface area contributed by atoms with Gasteiger partial charge in [0.1, 0.15) is 0 Å². The third-order valence-electron chi connectivity index (χ3n) is 4.56. The van der Waals surface area contributed by atoms with E-state index in [0.29, 0.717) is 18.4 Å². The molecular weight excluding hydrogens is 312 g/mol. The molecule has 23 heavy (non-hydrogen) atoms. The molecule has 1 aromatic carbocycles. The number of carbonyl (C=O) groups is 1.